The van der Waals surface area contributed by atoms with Crippen LogP contribution in [0.25, 0.3) is 0 Å². The van der Waals surface area contributed by atoms with Crippen LogP contribution in [-0.2, 0) is 25.5 Å². The predicted molar refractivity (Wildman–Crippen MR) is 122 cm³/mol. The van der Waals surface area contributed by atoms with Crippen LogP contribution in [0.4, 0.5) is 0 Å². The normalized spacial score (nSPS) is 10.2. The van der Waals surface area contributed by atoms with Crippen molar-refractivity contribution >= 4 is 23.6 Å². The van der Waals surface area contributed by atoms with Gasteiger partial charge in [0.2, 0.25) is 5.91 Å². The van der Waals surface area contributed by atoms with Gasteiger partial charge in [0.1, 0.15) is 0 Å². The van der Waals surface area contributed by atoms with Crippen molar-refractivity contribution in [1.29, 1.82) is 0 Å². The van der Waals surface area contributed by atoms with Gasteiger partial charge in [-0.05, 0) is 24.8 Å². The number of Topliss-reactive ketones (excluding diaryl/α,β-unsaturated/α-hetero) is 1. The molecule has 7 nitrogen and oxygen atoms in total. The smallest absolute Gasteiger partial charge is 0.311 e. The molecule has 0 aromatic heterocycles. The van der Waals surface area contributed by atoms with Gasteiger partial charge in [0, 0.05) is 24.3 Å². The summed E-state index contributed by atoms with van der Waals surface area (Å²) in [4.78, 5) is 43.7. The van der Waals surface area contributed by atoms with E-state index in [9.17, 15) is 24.3 Å². The maximum Gasteiger partial charge on any atom is 0.311 e. The maximum atomic E-state index is 12.1. The van der Waals surface area contributed by atoms with E-state index in [4.69, 9.17) is 10.5 Å². The summed E-state index contributed by atoms with van der Waals surface area (Å²) in [6, 6.07) is 7.23. The molecular weight excluding hydrogens is 410 g/mol. The first-order valence-electron chi connectivity index (χ1n) is 11.5. The lowest BCUT2D eigenvalue weighted by Gasteiger charge is -2.06. The van der Waals surface area contributed by atoms with Crippen molar-refractivity contribution in [2.45, 2.75) is 85.0 Å². The standard InChI is InChI=1S/C19H26O5.C6H13NO/c1-2-3-4-5-6-7-17(20)16-10-8-15(9-11-16)12-13-24-19(23)14-18(21)22;1-3-5(4-2)6(7)8/h8-11H,2-7,12-14H2,1H3,(H,21,22);5H,3-4H2,1-2H3,(H2,7,8)/p-1. The molecule has 32 heavy (non-hydrogen) atoms. The highest BCUT2D eigenvalue weighted by atomic mass is 16.5. The molecule has 0 radical (unpaired) electrons. The molecular formula is C25H38NO6-. The number of carbonyl (C=O) groups excluding carboxylic acids is 4. The first kappa shape index (κ1) is 29.3. The Hall–Kier alpha value is -2.70. The van der Waals surface area contributed by atoms with Crippen molar-refractivity contribution < 1.29 is 29.0 Å². The Morgan fingerprint density at radius 1 is 0.938 bits per heavy atom. The Morgan fingerprint density at radius 3 is 2.00 bits per heavy atom. The number of unbranched alkanes of at least 4 members (excludes halogenated alkanes) is 4. The van der Waals surface area contributed by atoms with E-state index in [1.165, 1.54) is 19.3 Å². The third-order valence-corrected chi connectivity index (χ3v) is 5.11. The van der Waals surface area contributed by atoms with E-state index in [-0.39, 0.29) is 24.2 Å². The zero-order valence-corrected chi connectivity index (χ0v) is 19.7. The molecule has 7 heteroatoms. The highest BCUT2D eigenvalue weighted by Crippen LogP contribution is 2.12. The lowest BCUT2D eigenvalue weighted by Crippen LogP contribution is -2.26. The van der Waals surface area contributed by atoms with Gasteiger partial charge in [0.05, 0.1) is 19.0 Å². The molecule has 0 spiro atoms. The minimum absolute atomic E-state index is 0.0926. The Balaban J connectivity index is 0.00000102. The molecule has 0 bridgehead atoms. The lowest BCUT2D eigenvalue weighted by molar-refractivity contribution is -0.305. The number of nitrogens with two attached hydrogens (primary N) is 1. The van der Waals surface area contributed by atoms with Gasteiger partial charge in [-0.15, -0.1) is 0 Å². The number of ether oxygens (including phenoxy) is 1. The second-order valence-corrected chi connectivity index (χ2v) is 7.72. The molecule has 0 fully saturated rings. The van der Waals surface area contributed by atoms with Gasteiger partial charge in [0.25, 0.3) is 0 Å². The highest BCUT2D eigenvalue weighted by molar-refractivity contribution is 5.96. The number of primary amides is 1. The van der Waals surface area contributed by atoms with E-state index in [0.29, 0.717) is 18.4 Å². The van der Waals surface area contributed by atoms with Gasteiger partial charge in [-0.3, -0.25) is 14.4 Å². The van der Waals surface area contributed by atoms with E-state index < -0.39 is 18.4 Å². The third kappa shape index (κ3) is 14.3. The summed E-state index contributed by atoms with van der Waals surface area (Å²) in [7, 11) is 0. The van der Waals surface area contributed by atoms with Gasteiger partial charge in [-0.1, -0.05) is 70.7 Å². The molecule has 0 heterocycles. The number of carbonyl (C=O) groups is 4. The van der Waals surface area contributed by atoms with Gasteiger partial charge < -0.3 is 20.4 Å². The first-order chi connectivity index (χ1) is 15.2. The molecule has 0 saturated heterocycles. The summed E-state index contributed by atoms with van der Waals surface area (Å²) in [6.45, 7) is 6.21. The number of rotatable bonds is 15. The summed E-state index contributed by atoms with van der Waals surface area (Å²) in [5.41, 5.74) is 6.64. The Bertz CT molecular complexity index is 695. The molecule has 0 atom stereocenters. The van der Waals surface area contributed by atoms with Crippen LogP contribution in [0.3, 0.4) is 0 Å². The van der Waals surface area contributed by atoms with Crippen LogP contribution >= 0.6 is 0 Å². The molecule has 2 N–H and O–H groups in total. The summed E-state index contributed by atoms with van der Waals surface area (Å²) in [6.07, 6.45) is 7.66. The Kier molecular flexibility index (Phi) is 16.4. The number of aliphatic carboxylic acids is 1. The van der Waals surface area contributed by atoms with Crippen LogP contribution in [0.2, 0.25) is 0 Å². The summed E-state index contributed by atoms with van der Waals surface area (Å²) < 4.78 is 4.79. The van der Waals surface area contributed by atoms with Gasteiger partial charge in [-0.2, -0.15) is 0 Å². The van der Waals surface area contributed by atoms with Crippen molar-refractivity contribution in [3.8, 4) is 0 Å². The van der Waals surface area contributed by atoms with Crippen LogP contribution in [0.15, 0.2) is 24.3 Å². The number of carboxylic acids is 1. The average Bonchev–Trinajstić information content (AvgIpc) is 2.74. The largest absolute Gasteiger partial charge is 0.550 e. The third-order valence-electron chi connectivity index (χ3n) is 5.11. The molecule has 1 amide bonds. The van der Waals surface area contributed by atoms with E-state index in [1.54, 1.807) is 12.1 Å². The Morgan fingerprint density at radius 2 is 1.53 bits per heavy atom. The number of carboxylic acid groups (broad SMARTS) is 1. The SMILES string of the molecule is CCC(CC)C(N)=O.CCCCCCCC(=O)c1ccc(CCOC(=O)CC(=O)[O-])cc1. The fourth-order valence-corrected chi connectivity index (χ4v) is 3.03. The van der Waals surface area contributed by atoms with Crippen LogP contribution in [0, 0.1) is 5.92 Å². The topological polar surface area (TPSA) is 127 Å². The maximum absolute atomic E-state index is 12.1. The van der Waals surface area contributed by atoms with Crippen LogP contribution in [0.5, 0.6) is 0 Å². The second kappa shape index (κ2) is 17.9. The number of benzene rings is 1. The molecule has 180 valence electrons. The molecule has 0 aliphatic heterocycles. The predicted octanol–water partition coefficient (Wildman–Crippen LogP) is 3.36. The zero-order valence-electron chi connectivity index (χ0n) is 19.7. The van der Waals surface area contributed by atoms with Crippen LogP contribution in [-0.4, -0.2) is 30.2 Å². The minimum atomic E-state index is -1.45. The molecule has 1 aromatic rings. The van der Waals surface area contributed by atoms with E-state index in [1.807, 2.05) is 26.0 Å². The molecule has 0 aliphatic rings. The van der Waals surface area contributed by atoms with Gasteiger partial charge >= 0.3 is 5.97 Å². The second-order valence-electron chi connectivity index (χ2n) is 7.72. The fraction of sp³-hybridized carbons (Fsp3) is 0.600. The number of esters is 1. The highest BCUT2D eigenvalue weighted by Gasteiger charge is 2.08. The number of hydrogen-bond donors (Lipinski definition) is 1. The number of ketones is 1. The van der Waals surface area contributed by atoms with Crippen molar-refractivity contribution in [3.63, 3.8) is 0 Å². The zero-order chi connectivity index (χ0) is 24.4. The van der Waals surface area contributed by atoms with Crippen molar-refractivity contribution in [3.05, 3.63) is 35.4 Å². The van der Waals surface area contributed by atoms with Crippen molar-refractivity contribution in [2.24, 2.45) is 11.7 Å². The number of amides is 1. The van der Waals surface area contributed by atoms with E-state index in [0.717, 1.165) is 31.2 Å². The molecule has 0 aliphatic carbocycles. The summed E-state index contributed by atoms with van der Waals surface area (Å²) in [5.74, 6) is -2.18. The average molecular weight is 449 g/mol. The minimum Gasteiger partial charge on any atom is -0.550 e. The van der Waals surface area contributed by atoms with E-state index in [2.05, 4.69) is 6.92 Å². The summed E-state index contributed by atoms with van der Waals surface area (Å²) in [5, 5.41) is 10.2. The summed E-state index contributed by atoms with van der Waals surface area (Å²) >= 11 is 0. The van der Waals surface area contributed by atoms with Gasteiger partial charge in [0.15, 0.2) is 5.78 Å². The van der Waals surface area contributed by atoms with Crippen LogP contribution in [0.1, 0.15) is 94.5 Å². The monoisotopic (exact) mass is 448 g/mol. The molecule has 0 unspecified atom stereocenters. The Labute approximate surface area is 191 Å². The molecule has 1 rings (SSSR count). The molecule has 0 saturated carbocycles. The van der Waals surface area contributed by atoms with Gasteiger partial charge in [-0.25, -0.2) is 0 Å². The van der Waals surface area contributed by atoms with Crippen molar-refractivity contribution in [2.75, 3.05) is 6.61 Å². The first-order valence-corrected chi connectivity index (χ1v) is 11.5. The van der Waals surface area contributed by atoms with Crippen LogP contribution < -0.4 is 10.8 Å². The lowest BCUT2D eigenvalue weighted by atomic mass is 10.0. The fourth-order valence-electron chi connectivity index (χ4n) is 3.03. The van der Waals surface area contributed by atoms with E-state index >= 15 is 0 Å². The molecule has 1 aromatic carbocycles. The van der Waals surface area contributed by atoms with Crippen molar-refractivity contribution in [1.82, 2.24) is 0 Å². The number of hydrogen-bond acceptors (Lipinski definition) is 6. The quantitative estimate of drug-likeness (QED) is 0.190.